The van der Waals surface area contributed by atoms with Crippen LogP contribution >= 0.6 is 11.6 Å². The standard InChI is InChI=1S/C20H18ClF3N4O2/c21-15-7-1-2-8-16(15)28-17(12-18(26-28)20(22,23)24)19(30)27(10-5-11-29)13-14-6-3-4-9-25-14/h1-4,6-9,12,29H,5,10-11,13H2. The Kier molecular flexibility index (Phi) is 6.73. The lowest BCUT2D eigenvalue weighted by molar-refractivity contribution is -0.141. The van der Waals surface area contributed by atoms with Gasteiger partial charge in [-0.1, -0.05) is 29.8 Å². The molecule has 2 heterocycles. The minimum atomic E-state index is -4.74. The zero-order chi connectivity index (χ0) is 21.7. The van der Waals surface area contributed by atoms with Crippen LogP contribution in [0.3, 0.4) is 0 Å². The van der Waals surface area contributed by atoms with Crippen molar-refractivity contribution in [1.29, 1.82) is 0 Å². The third kappa shape index (κ3) is 4.98. The first-order valence-electron chi connectivity index (χ1n) is 9.03. The fourth-order valence-electron chi connectivity index (χ4n) is 2.84. The van der Waals surface area contributed by atoms with Gasteiger partial charge in [0.05, 0.1) is 22.9 Å². The van der Waals surface area contributed by atoms with Crippen molar-refractivity contribution in [2.45, 2.75) is 19.1 Å². The van der Waals surface area contributed by atoms with Crippen LogP contribution in [0, 0.1) is 0 Å². The Morgan fingerprint density at radius 1 is 1.17 bits per heavy atom. The van der Waals surface area contributed by atoms with Gasteiger partial charge in [-0.2, -0.15) is 18.3 Å². The highest BCUT2D eigenvalue weighted by molar-refractivity contribution is 6.32. The van der Waals surface area contributed by atoms with Crippen LogP contribution in [-0.2, 0) is 12.7 Å². The Hall–Kier alpha value is -2.91. The van der Waals surface area contributed by atoms with Crippen molar-refractivity contribution in [2.24, 2.45) is 0 Å². The molecule has 0 spiro atoms. The number of aliphatic hydroxyl groups excluding tert-OH is 1. The third-order valence-electron chi connectivity index (χ3n) is 4.25. The number of para-hydroxylation sites is 1. The summed E-state index contributed by atoms with van der Waals surface area (Å²) in [6, 6.07) is 12.0. The maximum absolute atomic E-state index is 13.3. The number of benzene rings is 1. The van der Waals surface area contributed by atoms with E-state index in [0.717, 1.165) is 4.68 Å². The predicted octanol–water partition coefficient (Wildman–Crippen LogP) is 3.96. The van der Waals surface area contributed by atoms with Gasteiger partial charge in [-0.25, -0.2) is 4.68 Å². The van der Waals surface area contributed by atoms with Gasteiger partial charge in [0.15, 0.2) is 5.69 Å². The minimum Gasteiger partial charge on any atom is -0.396 e. The van der Waals surface area contributed by atoms with Crippen LogP contribution in [0.2, 0.25) is 5.02 Å². The molecule has 6 nitrogen and oxygen atoms in total. The Labute approximate surface area is 175 Å². The molecule has 0 fully saturated rings. The zero-order valence-electron chi connectivity index (χ0n) is 15.7. The number of hydrogen-bond acceptors (Lipinski definition) is 4. The Bertz CT molecular complexity index is 1010. The van der Waals surface area contributed by atoms with Crippen molar-refractivity contribution in [3.8, 4) is 5.69 Å². The van der Waals surface area contributed by atoms with Gasteiger partial charge in [0, 0.05) is 25.4 Å². The second kappa shape index (κ2) is 9.27. The molecule has 0 radical (unpaired) electrons. The van der Waals surface area contributed by atoms with Gasteiger partial charge in [0.25, 0.3) is 5.91 Å². The Morgan fingerprint density at radius 2 is 1.90 bits per heavy atom. The fraction of sp³-hybridized carbons (Fsp3) is 0.250. The molecule has 10 heteroatoms. The van der Waals surface area contributed by atoms with Crippen molar-refractivity contribution >= 4 is 17.5 Å². The molecular weight excluding hydrogens is 421 g/mol. The number of halogens is 4. The molecule has 1 aromatic carbocycles. The van der Waals surface area contributed by atoms with E-state index in [1.807, 2.05) is 0 Å². The number of pyridine rings is 1. The molecule has 0 unspecified atom stereocenters. The summed E-state index contributed by atoms with van der Waals surface area (Å²) in [4.78, 5) is 18.7. The number of aliphatic hydroxyl groups is 1. The average molecular weight is 439 g/mol. The van der Waals surface area contributed by atoms with Crippen LogP contribution in [0.25, 0.3) is 5.69 Å². The topological polar surface area (TPSA) is 71.2 Å². The lowest BCUT2D eigenvalue weighted by atomic mass is 10.2. The van der Waals surface area contributed by atoms with Gasteiger partial charge >= 0.3 is 6.18 Å². The van der Waals surface area contributed by atoms with Gasteiger partial charge in [-0.3, -0.25) is 9.78 Å². The van der Waals surface area contributed by atoms with Gasteiger partial charge in [-0.15, -0.1) is 0 Å². The van der Waals surface area contributed by atoms with Crippen molar-refractivity contribution in [3.63, 3.8) is 0 Å². The molecule has 3 aromatic rings. The normalized spacial score (nSPS) is 11.5. The molecule has 0 aliphatic rings. The Balaban J connectivity index is 2.05. The number of aromatic nitrogens is 3. The third-order valence-corrected chi connectivity index (χ3v) is 4.57. The van der Waals surface area contributed by atoms with Crippen LogP contribution in [0.15, 0.2) is 54.7 Å². The number of amides is 1. The molecule has 0 aliphatic heterocycles. The van der Waals surface area contributed by atoms with Gasteiger partial charge in [0.1, 0.15) is 5.69 Å². The fourth-order valence-corrected chi connectivity index (χ4v) is 3.06. The zero-order valence-corrected chi connectivity index (χ0v) is 16.4. The SMILES string of the molecule is O=C(c1cc(C(F)(F)F)nn1-c1ccccc1Cl)N(CCCO)Cc1ccccn1. The summed E-state index contributed by atoms with van der Waals surface area (Å²) >= 11 is 6.14. The highest BCUT2D eigenvalue weighted by Crippen LogP contribution is 2.31. The van der Waals surface area contributed by atoms with Crippen LogP contribution in [0.4, 0.5) is 13.2 Å². The van der Waals surface area contributed by atoms with Crippen molar-refractivity contribution < 1.29 is 23.1 Å². The van der Waals surface area contributed by atoms with Crippen molar-refractivity contribution in [3.05, 3.63) is 76.8 Å². The molecule has 0 saturated carbocycles. The van der Waals surface area contributed by atoms with Crippen LogP contribution in [-0.4, -0.2) is 43.8 Å². The number of alkyl halides is 3. The second-order valence-corrected chi connectivity index (χ2v) is 6.81. The smallest absolute Gasteiger partial charge is 0.396 e. The first kappa shape index (κ1) is 21.8. The second-order valence-electron chi connectivity index (χ2n) is 6.40. The summed E-state index contributed by atoms with van der Waals surface area (Å²) in [6.45, 7) is 0.0132. The number of hydrogen-bond donors (Lipinski definition) is 1. The van der Waals surface area contributed by atoms with E-state index < -0.39 is 17.8 Å². The summed E-state index contributed by atoms with van der Waals surface area (Å²) in [5, 5.41) is 12.9. The number of rotatable bonds is 7. The summed E-state index contributed by atoms with van der Waals surface area (Å²) in [7, 11) is 0. The highest BCUT2D eigenvalue weighted by Gasteiger charge is 2.37. The van der Waals surface area contributed by atoms with E-state index in [4.69, 9.17) is 11.6 Å². The molecule has 1 amide bonds. The monoisotopic (exact) mass is 438 g/mol. The largest absolute Gasteiger partial charge is 0.435 e. The van der Waals surface area contributed by atoms with E-state index in [2.05, 4.69) is 10.1 Å². The van der Waals surface area contributed by atoms with Crippen molar-refractivity contribution in [1.82, 2.24) is 19.7 Å². The summed E-state index contributed by atoms with van der Waals surface area (Å²) in [5.74, 6) is -0.683. The van der Waals surface area contributed by atoms with Gasteiger partial charge in [0.2, 0.25) is 0 Å². The van der Waals surface area contributed by atoms with E-state index in [-0.39, 0.29) is 42.5 Å². The molecule has 158 valence electrons. The molecule has 0 saturated heterocycles. The van der Waals surface area contributed by atoms with Gasteiger partial charge < -0.3 is 10.0 Å². The molecule has 2 aromatic heterocycles. The quantitative estimate of drug-likeness (QED) is 0.606. The van der Waals surface area contributed by atoms with E-state index in [1.165, 1.54) is 17.0 Å². The molecule has 3 rings (SSSR count). The molecular formula is C20H18ClF3N4O2. The molecule has 0 aliphatic carbocycles. The summed E-state index contributed by atoms with van der Waals surface area (Å²) in [6.07, 6.45) is -2.93. The molecule has 1 N–H and O–H groups in total. The van der Waals surface area contributed by atoms with E-state index in [9.17, 15) is 23.1 Å². The average Bonchev–Trinajstić information content (AvgIpc) is 3.17. The van der Waals surface area contributed by atoms with Gasteiger partial charge in [-0.05, 0) is 30.7 Å². The molecule has 0 atom stereocenters. The van der Waals surface area contributed by atoms with E-state index >= 15 is 0 Å². The van der Waals surface area contributed by atoms with E-state index in [1.54, 1.807) is 36.5 Å². The lowest BCUT2D eigenvalue weighted by Crippen LogP contribution is -2.33. The predicted molar refractivity (Wildman–Crippen MR) is 104 cm³/mol. The number of carbonyl (C=O) groups is 1. The summed E-state index contributed by atoms with van der Waals surface area (Å²) < 4.78 is 40.9. The van der Waals surface area contributed by atoms with Crippen LogP contribution in [0.5, 0.6) is 0 Å². The highest BCUT2D eigenvalue weighted by atomic mass is 35.5. The van der Waals surface area contributed by atoms with E-state index in [0.29, 0.717) is 11.8 Å². The number of carbonyl (C=O) groups excluding carboxylic acids is 1. The lowest BCUT2D eigenvalue weighted by Gasteiger charge is -2.22. The maximum atomic E-state index is 13.3. The maximum Gasteiger partial charge on any atom is 0.435 e. The molecule has 0 bridgehead atoms. The van der Waals surface area contributed by atoms with Crippen LogP contribution < -0.4 is 0 Å². The van der Waals surface area contributed by atoms with Crippen molar-refractivity contribution in [2.75, 3.05) is 13.2 Å². The van der Waals surface area contributed by atoms with Crippen LogP contribution in [0.1, 0.15) is 28.3 Å². The number of nitrogens with zero attached hydrogens (tertiary/aromatic N) is 4. The minimum absolute atomic E-state index is 0.0642. The first-order valence-corrected chi connectivity index (χ1v) is 9.41. The summed E-state index contributed by atoms with van der Waals surface area (Å²) in [5.41, 5.74) is -0.781. The first-order chi connectivity index (χ1) is 14.3. The Morgan fingerprint density at radius 3 is 2.53 bits per heavy atom. The molecule has 30 heavy (non-hydrogen) atoms.